The van der Waals surface area contributed by atoms with E-state index in [4.69, 9.17) is 0 Å². The molecule has 0 saturated carbocycles. The zero-order valence-electron chi connectivity index (χ0n) is 29.0. The average Bonchev–Trinajstić information content (AvgIpc) is 3.64. The third-order valence-corrected chi connectivity index (χ3v) is 32.6. The molecule has 50 heavy (non-hydrogen) atoms. The topological polar surface area (TPSA) is 0 Å². The van der Waals surface area contributed by atoms with Crippen LogP contribution in [0.4, 0.5) is 0 Å². The Bertz CT molecular complexity index is 2020. The summed E-state index contributed by atoms with van der Waals surface area (Å²) in [5.74, 6) is -1.03. The van der Waals surface area contributed by atoms with Crippen molar-refractivity contribution in [2.75, 3.05) is 0 Å². The van der Waals surface area contributed by atoms with Crippen LogP contribution in [0.1, 0.15) is 43.4 Å². The molecular weight excluding hydrogens is 743 g/mol. The summed E-state index contributed by atoms with van der Waals surface area (Å²) < 4.78 is 1.14. The van der Waals surface area contributed by atoms with Gasteiger partial charge in [-0.1, -0.05) is 0 Å². The molecular formula is C46H41Cl2SiZr. The fraction of sp³-hybridized carbons (Fsp3) is 0.130. The summed E-state index contributed by atoms with van der Waals surface area (Å²) in [4.78, 5) is 0. The number of benzene rings is 6. The second kappa shape index (κ2) is 15.4. The molecule has 2 aliphatic rings. The van der Waals surface area contributed by atoms with Crippen molar-refractivity contribution in [2.24, 2.45) is 0 Å². The van der Waals surface area contributed by atoms with Crippen molar-refractivity contribution >= 4 is 18.1 Å². The molecule has 0 spiro atoms. The molecule has 6 aromatic rings. The van der Waals surface area contributed by atoms with Crippen molar-refractivity contribution in [2.45, 2.75) is 34.2 Å². The second-order valence-corrected chi connectivity index (χ2v) is 33.9. The Labute approximate surface area is 319 Å². The van der Waals surface area contributed by atoms with Crippen LogP contribution in [0.2, 0.25) is 13.1 Å². The fourth-order valence-electron chi connectivity index (χ4n) is 8.29. The van der Waals surface area contributed by atoms with Gasteiger partial charge in [-0.3, -0.25) is 0 Å². The van der Waals surface area contributed by atoms with E-state index in [1.807, 2.05) is 0 Å². The van der Waals surface area contributed by atoms with Gasteiger partial charge in [0.05, 0.1) is 0 Å². The first-order valence-corrected chi connectivity index (χ1v) is 27.3. The van der Waals surface area contributed by atoms with Gasteiger partial charge in [0.25, 0.3) is 0 Å². The second-order valence-electron chi connectivity index (χ2n) is 13.8. The molecule has 0 heterocycles. The summed E-state index contributed by atoms with van der Waals surface area (Å²) in [5, 5.41) is 0. The van der Waals surface area contributed by atoms with E-state index in [2.05, 4.69) is 185 Å². The summed E-state index contributed by atoms with van der Waals surface area (Å²) in [6.45, 7) is 10.2. The van der Waals surface area contributed by atoms with E-state index < -0.39 is 26.8 Å². The van der Waals surface area contributed by atoms with Crippen LogP contribution >= 0.6 is 0 Å². The molecule has 4 heteroatoms. The van der Waals surface area contributed by atoms with Gasteiger partial charge >= 0.3 is 297 Å². The van der Waals surface area contributed by atoms with Gasteiger partial charge in [0, 0.05) is 0 Å². The molecule has 0 bridgehead atoms. The van der Waals surface area contributed by atoms with Crippen molar-refractivity contribution in [1.82, 2.24) is 0 Å². The molecule has 0 aliphatic heterocycles. The molecule has 0 fully saturated rings. The van der Waals surface area contributed by atoms with Crippen molar-refractivity contribution < 1.29 is 45.7 Å². The Morgan fingerprint density at radius 1 is 0.420 bits per heavy atom. The summed E-state index contributed by atoms with van der Waals surface area (Å²) in [6.07, 6.45) is 5.14. The Hall–Kier alpha value is -3.52. The SMILES string of the molecule is CC1=Cc2c(-c3ccccc3)cc(-c3ccccc3)cc2[CH]1[Zr+2]([CH]1C(C)=Cc2c(-c3ccccc3)cc(-c3ccccc3)cc21)[SiH](C)C.[Cl-].[Cl-]. The zero-order chi connectivity index (χ0) is 32.8. The predicted octanol–water partition coefficient (Wildman–Crippen LogP) is 6.58. The van der Waals surface area contributed by atoms with Crippen molar-refractivity contribution in [3.05, 3.63) is 179 Å². The summed E-state index contributed by atoms with van der Waals surface area (Å²) in [5.41, 5.74) is 19.9. The van der Waals surface area contributed by atoms with Crippen LogP contribution in [0.3, 0.4) is 0 Å². The Morgan fingerprint density at radius 3 is 1.06 bits per heavy atom. The van der Waals surface area contributed by atoms with Crippen LogP contribution in [0.15, 0.2) is 157 Å². The van der Waals surface area contributed by atoms with E-state index in [1.54, 1.807) is 22.3 Å². The average molecular weight is 784 g/mol. The van der Waals surface area contributed by atoms with Gasteiger partial charge in [-0.05, 0) is 0 Å². The van der Waals surface area contributed by atoms with E-state index in [-0.39, 0.29) is 24.8 Å². The van der Waals surface area contributed by atoms with Crippen LogP contribution in [0, 0.1) is 0 Å². The van der Waals surface area contributed by atoms with E-state index >= 15 is 0 Å². The molecule has 6 aromatic carbocycles. The standard InChI is InChI=1S/2C22H17.C2H7Si.2ClH.Zr/c2*1-16-12-20-14-19(17-8-4-2-5-9-17)15-22(21(20)13-16)18-10-6-3-7-11-18;1-3-2;;;/h2*2-15H,1H3;3H,1-2H3;2*1H;/q;;;;;+2/p-2. The predicted molar refractivity (Wildman–Crippen MR) is 206 cm³/mol. The normalized spacial score (nSPS) is 15.7. The van der Waals surface area contributed by atoms with Crippen LogP contribution in [-0.2, 0) is 20.9 Å². The van der Waals surface area contributed by atoms with E-state index in [9.17, 15) is 0 Å². The smallest absolute Gasteiger partial charge is 1.00 e. The Kier molecular flexibility index (Phi) is 11.2. The van der Waals surface area contributed by atoms with Gasteiger partial charge in [-0.2, -0.15) is 0 Å². The van der Waals surface area contributed by atoms with E-state index in [0.717, 1.165) is 0 Å². The van der Waals surface area contributed by atoms with Gasteiger partial charge in [-0.15, -0.1) is 0 Å². The molecule has 2 atom stereocenters. The van der Waals surface area contributed by atoms with Gasteiger partial charge in [0.1, 0.15) is 0 Å². The van der Waals surface area contributed by atoms with Crippen LogP contribution in [0.5, 0.6) is 0 Å². The maximum atomic E-state index is 2.67. The number of allylic oxidation sites excluding steroid dienone is 2. The van der Waals surface area contributed by atoms with E-state index in [1.165, 1.54) is 55.6 Å². The molecule has 0 saturated heterocycles. The number of hydrogen-bond acceptors (Lipinski definition) is 0. The number of hydrogen-bond donors (Lipinski definition) is 0. The van der Waals surface area contributed by atoms with Crippen molar-refractivity contribution in [3.63, 3.8) is 0 Å². The maximum Gasteiger partial charge on any atom is -1.00 e. The van der Waals surface area contributed by atoms with Crippen molar-refractivity contribution in [3.8, 4) is 44.5 Å². The summed E-state index contributed by atoms with van der Waals surface area (Å²) in [6, 6.07) is 54.2. The molecule has 0 nitrogen and oxygen atoms in total. The molecule has 247 valence electrons. The first-order valence-electron chi connectivity index (χ1n) is 17.3. The van der Waals surface area contributed by atoms with Crippen molar-refractivity contribution in [1.29, 1.82) is 0 Å². The van der Waals surface area contributed by atoms with Gasteiger partial charge in [0.15, 0.2) is 0 Å². The zero-order valence-corrected chi connectivity index (χ0v) is 34.1. The molecule has 0 radical (unpaired) electrons. The Morgan fingerprint density at radius 2 is 0.740 bits per heavy atom. The number of halogens is 2. The molecule has 0 amide bonds. The van der Waals surface area contributed by atoms with E-state index in [0.29, 0.717) is 7.25 Å². The monoisotopic (exact) mass is 781 g/mol. The molecule has 0 N–H and O–H groups in total. The summed E-state index contributed by atoms with van der Waals surface area (Å²) in [7, 11) is 0. The molecule has 2 aliphatic carbocycles. The third-order valence-electron chi connectivity index (χ3n) is 10.4. The van der Waals surface area contributed by atoms with Crippen LogP contribution < -0.4 is 24.8 Å². The van der Waals surface area contributed by atoms with Crippen LogP contribution in [-0.4, -0.2) is 5.92 Å². The van der Waals surface area contributed by atoms with Crippen LogP contribution in [0.25, 0.3) is 56.7 Å². The number of rotatable bonds is 7. The molecule has 2 unspecified atom stereocenters. The number of fused-ring (bicyclic) bond motifs is 2. The minimum absolute atomic E-state index is 0. The molecule has 0 aromatic heterocycles. The van der Waals surface area contributed by atoms with Gasteiger partial charge < -0.3 is 24.8 Å². The van der Waals surface area contributed by atoms with Gasteiger partial charge in [0.2, 0.25) is 0 Å². The quantitative estimate of drug-likeness (QED) is 0.161. The fourth-order valence-corrected chi connectivity index (χ4v) is 31.4. The first-order chi connectivity index (χ1) is 23.5. The third kappa shape index (κ3) is 6.65. The maximum absolute atomic E-state index is 2.67. The summed E-state index contributed by atoms with van der Waals surface area (Å²) >= 11 is -2.29. The van der Waals surface area contributed by atoms with Gasteiger partial charge in [-0.25, -0.2) is 0 Å². The Balaban J connectivity index is 0.00000216. The largest absolute Gasteiger partial charge is 1.00 e. The minimum Gasteiger partial charge on any atom is -1.00 e. The molecule has 8 rings (SSSR count). The minimum atomic E-state index is -2.29. The first kappa shape index (κ1) is 36.3.